The molecule has 0 aliphatic heterocycles. The second kappa shape index (κ2) is 8.02. The number of hydrogen-bond acceptors (Lipinski definition) is 1. The van der Waals surface area contributed by atoms with Crippen molar-refractivity contribution in [1.82, 2.24) is 0 Å². The van der Waals surface area contributed by atoms with E-state index in [0.717, 1.165) is 34.0 Å². The summed E-state index contributed by atoms with van der Waals surface area (Å²) < 4.78 is 14.0. The maximum atomic E-state index is 14.0. The predicted molar refractivity (Wildman–Crippen MR) is 92.2 cm³/mol. The highest BCUT2D eigenvalue weighted by Gasteiger charge is 2.24. The Labute approximate surface area is 128 Å². The molecule has 0 radical (unpaired) electrons. The molecule has 2 aromatic rings. The Balaban J connectivity index is 0.000000510. The number of nitrogen functional groups attached to an aromatic ring is 1. The van der Waals surface area contributed by atoms with Gasteiger partial charge in [-0.05, 0) is 72.2 Å². The molecule has 0 heterocycles. The average Bonchev–Trinajstić information content (AvgIpc) is 3.30. The molecule has 1 saturated carbocycles. The van der Waals surface area contributed by atoms with Gasteiger partial charge in [0.25, 0.3) is 0 Å². The first kappa shape index (κ1) is 17.5. The number of nitrogens with two attached hydrogens (primary N) is 1. The van der Waals surface area contributed by atoms with Crippen molar-refractivity contribution >= 4 is 16.5 Å². The molecule has 1 aliphatic rings. The van der Waals surface area contributed by atoms with Crippen molar-refractivity contribution in [1.29, 1.82) is 0 Å². The molecule has 0 aromatic heterocycles. The summed E-state index contributed by atoms with van der Waals surface area (Å²) >= 11 is 0. The molecule has 21 heavy (non-hydrogen) atoms. The molecule has 0 unspecified atom stereocenters. The molecule has 0 atom stereocenters. The Kier molecular flexibility index (Phi) is 6.67. The lowest BCUT2D eigenvalue weighted by atomic mass is 9.95. The van der Waals surface area contributed by atoms with E-state index in [2.05, 4.69) is 0 Å². The third-order valence-corrected chi connectivity index (χ3v) is 3.58. The smallest absolute Gasteiger partial charge is 0.127 e. The highest BCUT2D eigenvalue weighted by Crippen LogP contribution is 2.36. The lowest BCUT2D eigenvalue weighted by Crippen LogP contribution is -1.97. The van der Waals surface area contributed by atoms with Crippen LogP contribution in [0, 0.1) is 18.7 Å². The van der Waals surface area contributed by atoms with E-state index in [1.54, 1.807) is 6.07 Å². The summed E-state index contributed by atoms with van der Waals surface area (Å²) in [7, 11) is 0. The summed E-state index contributed by atoms with van der Waals surface area (Å²) in [5, 5.41) is 2.12. The first-order chi connectivity index (χ1) is 10.1. The molecule has 2 heteroatoms. The van der Waals surface area contributed by atoms with Crippen LogP contribution in [0.25, 0.3) is 10.8 Å². The summed E-state index contributed by atoms with van der Waals surface area (Å²) in [5.74, 6) is 0.615. The topological polar surface area (TPSA) is 26.0 Å². The molecule has 0 spiro atoms. The molecule has 2 aromatic carbocycles. The van der Waals surface area contributed by atoms with Crippen LogP contribution in [0.2, 0.25) is 0 Å². The minimum Gasteiger partial charge on any atom is -0.399 e. The van der Waals surface area contributed by atoms with Crippen LogP contribution in [0.15, 0.2) is 24.3 Å². The van der Waals surface area contributed by atoms with Crippen molar-refractivity contribution in [2.75, 3.05) is 5.73 Å². The summed E-state index contributed by atoms with van der Waals surface area (Å²) in [4.78, 5) is 0. The van der Waals surface area contributed by atoms with E-state index in [9.17, 15) is 4.39 Å². The normalized spacial score (nSPS) is 13.0. The van der Waals surface area contributed by atoms with E-state index in [4.69, 9.17) is 5.73 Å². The Morgan fingerprint density at radius 3 is 2.29 bits per heavy atom. The number of rotatable bonds is 2. The number of benzene rings is 2. The molecule has 1 aliphatic carbocycles. The van der Waals surface area contributed by atoms with Crippen LogP contribution in [0.1, 0.15) is 51.7 Å². The fourth-order valence-electron chi connectivity index (χ4n) is 2.58. The van der Waals surface area contributed by atoms with Crippen LogP contribution in [-0.4, -0.2) is 0 Å². The standard InChI is InChI=1S/C15H16FN.2C2H6/c1-9-6-12(17)8-11-4-5-14(16)13(15(9)11)7-10-2-3-10;2*1-2/h4-6,8,10H,2-3,7,17H2,1H3;2*1-2H3. The average molecular weight is 289 g/mol. The third kappa shape index (κ3) is 4.20. The molecule has 2 N–H and O–H groups in total. The van der Waals surface area contributed by atoms with Crippen LogP contribution in [-0.2, 0) is 6.42 Å². The molecule has 116 valence electrons. The van der Waals surface area contributed by atoms with E-state index >= 15 is 0 Å². The van der Waals surface area contributed by atoms with Gasteiger partial charge in [0.2, 0.25) is 0 Å². The molecule has 1 nitrogen and oxygen atoms in total. The largest absolute Gasteiger partial charge is 0.399 e. The predicted octanol–water partition coefficient (Wildman–Crippen LogP) is 5.87. The number of fused-ring (bicyclic) bond motifs is 1. The van der Waals surface area contributed by atoms with Crippen molar-refractivity contribution in [2.45, 2.75) is 53.9 Å². The third-order valence-electron chi connectivity index (χ3n) is 3.58. The van der Waals surface area contributed by atoms with Crippen LogP contribution in [0.4, 0.5) is 10.1 Å². The van der Waals surface area contributed by atoms with Crippen molar-refractivity contribution in [3.05, 3.63) is 41.2 Å². The lowest BCUT2D eigenvalue weighted by molar-refractivity contribution is 0.605. The lowest BCUT2D eigenvalue weighted by Gasteiger charge is -2.11. The molecular weight excluding hydrogens is 261 g/mol. The zero-order valence-electron chi connectivity index (χ0n) is 14.0. The van der Waals surface area contributed by atoms with E-state index in [1.165, 1.54) is 12.8 Å². The van der Waals surface area contributed by atoms with E-state index in [-0.39, 0.29) is 5.82 Å². The van der Waals surface area contributed by atoms with Gasteiger partial charge in [-0.3, -0.25) is 0 Å². The van der Waals surface area contributed by atoms with Crippen LogP contribution in [0.3, 0.4) is 0 Å². The van der Waals surface area contributed by atoms with Gasteiger partial charge in [-0.1, -0.05) is 33.8 Å². The Morgan fingerprint density at radius 1 is 1.10 bits per heavy atom. The summed E-state index contributed by atoms with van der Waals surface area (Å²) in [6, 6.07) is 7.25. The SMILES string of the molecule is CC.CC.Cc1cc(N)cc2ccc(F)c(CC3CC3)c12. The van der Waals surface area contributed by atoms with E-state index < -0.39 is 0 Å². The van der Waals surface area contributed by atoms with Gasteiger partial charge in [0.1, 0.15) is 5.82 Å². The number of anilines is 1. The first-order valence-corrected chi connectivity index (χ1v) is 8.12. The Hall–Kier alpha value is -1.57. The molecule has 3 rings (SSSR count). The fourth-order valence-corrected chi connectivity index (χ4v) is 2.58. The molecule has 1 fully saturated rings. The maximum absolute atomic E-state index is 14.0. The Morgan fingerprint density at radius 2 is 1.71 bits per heavy atom. The second-order valence-corrected chi connectivity index (χ2v) is 5.11. The number of aryl methyl sites for hydroxylation is 1. The van der Waals surface area contributed by atoms with Gasteiger partial charge in [0.05, 0.1) is 0 Å². The minimum atomic E-state index is -0.0720. The van der Waals surface area contributed by atoms with Crippen molar-refractivity contribution in [2.24, 2.45) is 5.92 Å². The quantitative estimate of drug-likeness (QED) is 0.687. The van der Waals surface area contributed by atoms with Gasteiger partial charge in [0.15, 0.2) is 0 Å². The Bertz CT molecular complexity index is 586. The number of hydrogen-bond donors (Lipinski definition) is 1. The van der Waals surface area contributed by atoms with Crippen LogP contribution >= 0.6 is 0 Å². The van der Waals surface area contributed by atoms with Gasteiger partial charge in [-0.2, -0.15) is 0 Å². The fraction of sp³-hybridized carbons (Fsp3) is 0.474. The van der Waals surface area contributed by atoms with Gasteiger partial charge in [-0.15, -0.1) is 0 Å². The minimum absolute atomic E-state index is 0.0720. The van der Waals surface area contributed by atoms with E-state index in [0.29, 0.717) is 5.92 Å². The molecule has 0 saturated heterocycles. The molecule has 0 bridgehead atoms. The summed E-state index contributed by atoms with van der Waals surface area (Å²) in [5.41, 5.74) is 8.54. The summed E-state index contributed by atoms with van der Waals surface area (Å²) in [6.07, 6.45) is 3.35. The molecule has 0 amide bonds. The first-order valence-electron chi connectivity index (χ1n) is 8.12. The second-order valence-electron chi connectivity index (χ2n) is 5.11. The van der Waals surface area contributed by atoms with Crippen molar-refractivity contribution < 1.29 is 4.39 Å². The van der Waals surface area contributed by atoms with Gasteiger partial charge in [0, 0.05) is 5.69 Å². The zero-order chi connectivity index (χ0) is 16.0. The van der Waals surface area contributed by atoms with Crippen molar-refractivity contribution in [3.8, 4) is 0 Å². The summed E-state index contributed by atoms with van der Waals surface area (Å²) in [6.45, 7) is 10.0. The number of halogens is 1. The maximum Gasteiger partial charge on any atom is 0.127 e. The van der Waals surface area contributed by atoms with E-state index in [1.807, 2.05) is 52.8 Å². The zero-order valence-corrected chi connectivity index (χ0v) is 14.0. The van der Waals surface area contributed by atoms with Gasteiger partial charge < -0.3 is 5.73 Å². The van der Waals surface area contributed by atoms with Crippen molar-refractivity contribution in [3.63, 3.8) is 0 Å². The van der Waals surface area contributed by atoms with Gasteiger partial charge >= 0.3 is 0 Å². The molecular formula is C19H28FN. The monoisotopic (exact) mass is 289 g/mol. The van der Waals surface area contributed by atoms with Gasteiger partial charge in [-0.25, -0.2) is 4.39 Å². The highest BCUT2D eigenvalue weighted by atomic mass is 19.1. The van der Waals surface area contributed by atoms with Crippen LogP contribution in [0.5, 0.6) is 0 Å². The van der Waals surface area contributed by atoms with Crippen LogP contribution < -0.4 is 5.73 Å². The highest BCUT2D eigenvalue weighted by molar-refractivity contribution is 5.91.